The molecule has 0 atom stereocenters. The Morgan fingerprint density at radius 2 is 2.10 bits per heavy atom. The third kappa shape index (κ3) is 3.74. The first-order valence-electron chi connectivity index (χ1n) is 6.05. The number of ether oxygens (including phenoxy) is 1. The van der Waals surface area contributed by atoms with Crippen molar-refractivity contribution in [2.45, 2.75) is 13.5 Å². The highest BCUT2D eigenvalue weighted by Gasteiger charge is 2.14. The summed E-state index contributed by atoms with van der Waals surface area (Å²) < 4.78 is 19.4. The second-order valence-corrected chi connectivity index (χ2v) is 5.83. The summed E-state index contributed by atoms with van der Waals surface area (Å²) in [6.07, 6.45) is 0. The zero-order valence-corrected chi connectivity index (χ0v) is 13.5. The molecule has 3 nitrogen and oxygen atoms in total. The largest absolute Gasteiger partial charge is 0.457 e. The predicted molar refractivity (Wildman–Crippen MR) is 83.8 cm³/mol. The minimum Gasteiger partial charge on any atom is -0.457 e. The van der Waals surface area contributed by atoms with Crippen LogP contribution in [-0.2, 0) is 11.3 Å². The minimum atomic E-state index is -0.560. The zero-order chi connectivity index (χ0) is 15.6. The van der Waals surface area contributed by atoms with Gasteiger partial charge >= 0.3 is 5.97 Å². The molecule has 0 aromatic heterocycles. The van der Waals surface area contributed by atoms with E-state index in [2.05, 4.69) is 15.9 Å². The lowest BCUT2D eigenvalue weighted by Crippen LogP contribution is -2.09. The van der Waals surface area contributed by atoms with Crippen molar-refractivity contribution >= 4 is 39.2 Å². The van der Waals surface area contributed by atoms with Gasteiger partial charge in [0.25, 0.3) is 0 Å². The van der Waals surface area contributed by atoms with Gasteiger partial charge in [0.1, 0.15) is 12.4 Å². The van der Waals surface area contributed by atoms with Crippen LogP contribution in [0.4, 0.5) is 10.1 Å². The molecule has 0 saturated carbocycles. The summed E-state index contributed by atoms with van der Waals surface area (Å²) in [5, 5.41) is 0.290. The average Bonchev–Trinajstić information content (AvgIpc) is 2.41. The van der Waals surface area contributed by atoms with Crippen molar-refractivity contribution in [1.82, 2.24) is 0 Å². The molecule has 0 spiro atoms. The van der Waals surface area contributed by atoms with E-state index in [0.717, 1.165) is 0 Å². The van der Waals surface area contributed by atoms with Gasteiger partial charge in [-0.25, -0.2) is 9.18 Å². The first kappa shape index (κ1) is 15.8. The number of anilines is 1. The van der Waals surface area contributed by atoms with E-state index >= 15 is 0 Å². The standard InChI is InChI=1S/C15H12BrClFNO2/c1-8-12(4-10(16)5-14(8)19)15(20)21-7-9-2-3-11(17)6-13(9)18/h2-6H,7,19H2,1H3. The summed E-state index contributed by atoms with van der Waals surface area (Å²) in [7, 11) is 0. The van der Waals surface area contributed by atoms with Crippen LogP contribution in [0, 0.1) is 12.7 Å². The number of benzene rings is 2. The Bertz CT molecular complexity index is 706. The Balaban J connectivity index is 2.15. The molecule has 21 heavy (non-hydrogen) atoms. The Labute approximate surface area is 135 Å². The van der Waals surface area contributed by atoms with Crippen molar-refractivity contribution in [3.63, 3.8) is 0 Å². The van der Waals surface area contributed by atoms with Crippen LogP contribution in [0.25, 0.3) is 0 Å². The third-order valence-corrected chi connectivity index (χ3v) is 3.70. The molecule has 2 rings (SSSR count). The first-order chi connectivity index (χ1) is 9.88. The van der Waals surface area contributed by atoms with E-state index in [1.807, 2.05) is 0 Å². The lowest BCUT2D eigenvalue weighted by Gasteiger charge is -2.10. The smallest absolute Gasteiger partial charge is 0.338 e. The maximum atomic E-state index is 13.6. The molecule has 0 amide bonds. The third-order valence-electron chi connectivity index (χ3n) is 3.01. The lowest BCUT2D eigenvalue weighted by atomic mass is 10.1. The van der Waals surface area contributed by atoms with E-state index in [9.17, 15) is 9.18 Å². The van der Waals surface area contributed by atoms with E-state index in [0.29, 0.717) is 21.3 Å². The van der Waals surface area contributed by atoms with Gasteiger partial charge in [0, 0.05) is 20.7 Å². The lowest BCUT2D eigenvalue weighted by molar-refractivity contribution is 0.0468. The van der Waals surface area contributed by atoms with E-state index in [4.69, 9.17) is 22.1 Å². The monoisotopic (exact) mass is 371 g/mol. The molecule has 0 heterocycles. The second kappa shape index (κ2) is 6.45. The van der Waals surface area contributed by atoms with Crippen molar-refractivity contribution in [1.29, 1.82) is 0 Å². The van der Waals surface area contributed by atoms with Gasteiger partial charge in [0.2, 0.25) is 0 Å². The SMILES string of the molecule is Cc1c(N)cc(Br)cc1C(=O)OCc1ccc(Cl)cc1F. The Morgan fingerprint density at radius 1 is 1.38 bits per heavy atom. The first-order valence-corrected chi connectivity index (χ1v) is 7.22. The quantitative estimate of drug-likeness (QED) is 0.638. The molecule has 2 N–H and O–H groups in total. The van der Waals surface area contributed by atoms with Crippen molar-refractivity contribution < 1.29 is 13.9 Å². The molecule has 0 aliphatic rings. The van der Waals surface area contributed by atoms with Crippen molar-refractivity contribution in [3.05, 3.63) is 62.3 Å². The molecule has 2 aromatic rings. The minimum absolute atomic E-state index is 0.173. The molecule has 0 bridgehead atoms. The molecule has 6 heteroatoms. The maximum absolute atomic E-state index is 13.6. The Morgan fingerprint density at radius 3 is 2.76 bits per heavy atom. The van der Waals surface area contributed by atoms with Gasteiger partial charge in [-0.1, -0.05) is 33.6 Å². The summed E-state index contributed by atoms with van der Waals surface area (Å²) in [4.78, 5) is 12.1. The molecular weight excluding hydrogens is 361 g/mol. The van der Waals surface area contributed by atoms with Gasteiger partial charge < -0.3 is 10.5 Å². The van der Waals surface area contributed by atoms with Gasteiger partial charge in [-0.3, -0.25) is 0 Å². The van der Waals surface area contributed by atoms with Crippen LogP contribution in [0.1, 0.15) is 21.5 Å². The normalized spacial score (nSPS) is 10.5. The van der Waals surface area contributed by atoms with Crippen LogP contribution in [0.3, 0.4) is 0 Å². The number of hydrogen-bond donors (Lipinski definition) is 1. The van der Waals surface area contributed by atoms with Crippen molar-refractivity contribution in [2.24, 2.45) is 0 Å². The second-order valence-electron chi connectivity index (χ2n) is 4.48. The number of esters is 1. The van der Waals surface area contributed by atoms with Crippen LogP contribution in [0.15, 0.2) is 34.8 Å². The molecule has 2 aromatic carbocycles. The van der Waals surface area contributed by atoms with Gasteiger partial charge in [0.15, 0.2) is 0 Å². The number of halogens is 3. The van der Waals surface area contributed by atoms with Gasteiger partial charge in [-0.2, -0.15) is 0 Å². The molecule has 0 unspecified atom stereocenters. The van der Waals surface area contributed by atoms with E-state index in [1.54, 1.807) is 19.1 Å². The van der Waals surface area contributed by atoms with Gasteiger partial charge in [-0.15, -0.1) is 0 Å². The summed E-state index contributed by atoms with van der Waals surface area (Å²) in [6.45, 7) is 1.55. The van der Waals surface area contributed by atoms with Crippen LogP contribution in [-0.4, -0.2) is 5.97 Å². The van der Waals surface area contributed by atoms with E-state index < -0.39 is 11.8 Å². The highest BCUT2D eigenvalue weighted by atomic mass is 79.9. The van der Waals surface area contributed by atoms with E-state index in [1.165, 1.54) is 18.2 Å². The van der Waals surface area contributed by atoms with Crippen molar-refractivity contribution in [2.75, 3.05) is 5.73 Å². The van der Waals surface area contributed by atoms with Crippen LogP contribution >= 0.6 is 27.5 Å². The zero-order valence-electron chi connectivity index (χ0n) is 11.1. The maximum Gasteiger partial charge on any atom is 0.338 e. The van der Waals surface area contributed by atoms with Crippen LogP contribution < -0.4 is 5.73 Å². The molecular formula is C15H12BrClFNO2. The van der Waals surface area contributed by atoms with Gasteiger partial charge in [-0.05, 0) is 36.8 Å². The highest BCUT2D eigenvalue weighted by Crippen LogP contribution is 2.24. The molecule has 0 saturated heterocycles. The summed E-state index contributed by atoms with van der Waals surface area (Å²) in [5.41, 5.74) is 7.50. The van der Waals surface area contributed by atoms with Crippen LogP contribution in [0.5, 0.6) is 0 Å². The number of rotatable bonds is 3. The number of hydrogen-bond acceptors (Lipinski definition) is 3. The van der Waals surface area contributed by atoms with E-state index in [-0.39, 0.29) is 17.2 Å². The highest BCUT2D eigenvalue weighted by molar-refractivity contribution is 9.10. The van der Waals surface area contributed by atoms with Crippen LogP contribution in [0.2, 0.25) is 5.02 Å². The molecule has 0 fully saturated rings. The number of nitrogen functional groups attached to an aromatic ring is 1. The fourth-order valence-electron chi connectivity index (χ4n) is 1.77. The Hall–Kier alpha value is -1.59. The topological polar surface area (TPSA) is 52.3 Å². The van der Waals surface area contributed by atoms with Crippen molar-refractivity contribution in [3.8, 4) is 0 Å². The number of carbonyl (C=O) groups excluding carboxylic acids is 1. The number of nitrogens with two attached hydrogens (primary N) is 1. The van der Waals surface area contributed by atoms with Gasteiger partial charge in [0.05, 0.1) is 5.56 Å². The summed E-state index contributed by atoms with van der Waals surface area (Å²) >= 11 is 8.93. The molecule has 0 aliphatic heterocycles. The summed E-state index contributed by atoms with van der Waals surface area (Å²) in [5.74, 6) is -1.07. The average molecular weight is 373 g/mol. The molecule has 0 aliphatic carbocycles. The fourth-order valence-corrected chi connectivity index (χ4v) is 2.41. The summed E-state index contributed by atoms with van der Waals surface area (Å²) in [6, 6.07) is 7.51. The molecule has 0 radical (unpaired) electrons. The number of carbonyl (C=O) groups is 1. The fraction of sp³-hybridized carbons (Fsp3) is 0.133. The predicted octanol–water partition coefficient (Wildman–Crippen LogP) is 4.49. The molecule has 110 valence electrons. The Kier molecular flexibility index (Phi) is 4.85.